The van der Waals surface area contributed by atoms with E-state index in [1.807, 2.05) is 54.8 Å². The summed E-state index contributed by atoms with van der Waals surface area (Å²) in [5, 5.41) is 12.1. The van der Waals surface area contributed by atoms with E-state index in [0.29, 0.717) is 13.1 Å². The van der Waals surface area contributed by atoms with Gasteiger partial charge in [-0.25, -0.2) is 0 Å². The molecule has 3 nitrogen and oxygen atoms in total. The molecule has 0 saturated heterocycles. The molecule has 0 fully saturated rings. The summed E-state index contributed by atoms with van der Waals surface area (Å²) in [6.45, 7) is 3.23. The normalized spacial score (nSPS) is 12.1. The van der Waals surface area contributed by atoms with Crippen LogP contribution in [-0.4, -0.2) is 22.5 Å². The summed E-state index contributed by atoms with van der Waals surface area (Å²) in [6, 6.07) is 13.3. The van der Waals surface area contributed by atoms with Crippen LogP contribution < -0.4 is 0 Å². The summed E-state index contributed by atoms with van der Waals surface area (Å²) in [7, 11) is 0. The van der Waals surface area contributed by atoms with Crippen molar-refractivity contribution in [3.8, 4) is 0 Å². The SMILES string of the molecule is CCN(Cc1cccs1)C(=O)C[C@@H](O)c1ccccc1. The molecule has 1 atom stereocenters. The lowest BCUT2D eigenvalue weighted by molar-refractivity contribution is -0.133. The highest BCUT2D eigenvalue weighted by Crippen LogP contribution is 2.19. The average molecular weight is 289 g/mol. The average Bonchev–Trinajstić information content (AvgIpc) is 2.98. The molecule has 0 unspecified atom stereocenters. The van der Waals surface area contributed by atoms with Gasteiger partial charge in [0.15, 0.2) is 0 Å². The first-order chi connectivity index (χ1) is 9.70. The fourth-order valence-electron chi connectivity index (χ4n) is 2.05. The Balaban J connectivity index is 1.95. The number of carbonyl (C=O) groups is 1. The molecule has 1 aromatic heterocycles. The van der Waals surface area contributed by atoms with E-state index in [-0.39, 0.29) is 12.3 Å². The fraction of sp³-hybridized carbons (Fsp3) is 0.312. The monoisotopic (exact) mass is 289 g/mol. The molecule has 0 aliphatic heterocycles. The summed E-state index contributed by atoms with van der Waals surface area (Å²) in [5.74, 6) is -0.0164. The zero-order valence-electron chi connectivity index (χ0n) is 11.5. The number of benzene rings is 1. The number of aliphatic hydroxyl groups excluding tert-OH is 1. The van der Waals surface area contributed by atoms with Crippen molar-refractivity contribution in [1.82, 2.24) is 4.90 Å². The smallest absolute Gasteiger partial charge is 0.225 e. The highest BCUT2D eigenvalue weighted by Gasteiger charge is 2.18. The molecular formula is C16H19NO2S. The van der Waals surface area contributed by atoms with Gasteiger partial charge in [0.05, 0.1) is 19.1 Å². The van der Waals surface area contributed by atoms with Gasteiger partial charge in [0.25, 0.3) is 0 Å². The van der Waals surface area contributed by atoms with Crippen LogP contribution in [0, 0.1) is 0 Å². The number of hydrogen-bond donors (Lipinski definition) is 1. The van der Waals surface area contributed by atoms with Gasteiger partial charge in [-0.2, -0.15) is 0 Å². The molecule has 2 rings (SSSR count). The molecule has 4 heteroatoms. The molecule has 106 valence electrons. The predicted octanol–water partition coefficient (Wildman–Crippen LogP) is 3.22. The zero-order chi connectivity index (χ0) is 14.4. The van der Waals surface area contributed by atoms with Gasteiger partial charge in [0.1, 0.15) is 0 Å². The van der Waals surface area contributed by atoms with Crippen LogP contribution in [0.5, 0.6) is 0 Å². The molecule has 1 N–H and O–H groups in total. The van der Waals surface area contributed by atoms with Crippen LogP contribution >= 0.6 is 11.3 Å². The number of amides is 1. The topological polar surface area (TPSA) is 40.5 Å². The van der Waals surface area contributed by atoms with Crippen molar-refractivity contribution in [2.24, 2.45) is 0 Å². The van der Waals surface area contributed by atoms with Crippen LogP contribution in [0.15, 0.2) is 47.8 Å². The molecule has 0 radical (unpaired) electrons. The number of carbonyl (C=O) groups excluding carboxylic acids is 1. The minimum atomic E-state index is -0.735. The van der Waals surface area contributed by atoms with Crippen LogP contribution in [-0.2, 0) is 11.3 Å². The Labute approximate surface area is 123 Å². The van der Waals surface area contributed by atoms with Crippen LogP contribution in [0.4, 0.5) is 0 Å². The lowest BCUT2D eigenvalue weighted by atomic mass is 10.1. The largest absolute Gasteiger partial charge is 0.388 e. The van der Waals surface area contributed by atoms with E-state index < -0.39 is 6.10 Å². The quantitative estimate of drug-likeness (QED) is 0.887. The lowest BCUT2D eigenvalue weighted by Gasteiger charge is -2.22. The van der Waals surface area contributed by atoms with Crippen molar-refractivity contribution in [2.75, 3.05) is 6.54 Å². The number of aliphatic hydroxyl groups is 1. The Hall–Kier alpha value is -1.65. The Morgan fingerprint density at radius 1 is 1.25 bits per heavy atom. The van der Waals surface area contributed by atoms with E-state index in [4.69, 9.17) is 0 Å². The van der Waals surface area contributed by atoms with E-state index in [1.165, 1.54) is 0 Å². The molecule has 0 bridgehead atoms. The Morgan fingerprint density at radius 2 is 2.00 bits per heavy atom. The van der Waals surface area contributed by atoms with Gasteiger partial charge in [-0.15, -0.1) is 11.3 Å². The first-order valence-corrected chi connectivity index (χ1v) is 7.62. The molecule has 0 aliphatic carbocycles. The van der Waals surface area contributed by atoms with Gasteiger partial charge in [-0.1, -0.05) is 36.4 Å². The fourth-order valence-corrected chi connectivity index (χ4v) is 2.77. The van der Waals surface area contributed by atoms with Crippen molar-refractivity contribution in [1.29, 1.82) is 0 Å². The van der Waals surface area contributed by atoms with E-state index in [0.717, 1.165) is 10.4 Å². The lowest BCUT2D eigenvalue weighted by Crippen LogP contribution is -2.31. The second-order valence-electron chi connectivity index (χ2n) is 4.62. The Morgan fingerprint density at radius 3 is 2.60 bits per heavy atom. The van der Waals surface area contributed by atoms with Gasteiger partial charge < -0.3 is 10.0 Å². The maximum Gasteiger partial charge on any atom is 0.225 e. The van der Waals surface area contributed by atoms with Gasteiger partial charge in [-0.05, 0) is 23.9 Å². The third-order valence-corrected chi connectivity index (χ3v) is 4.07. The maximum atomic E-state index is 12.3. The van der Waals surface area contributed by atoms with Crippen molar-refractivity contribution >= 4 is 17.2 Å². The molecule has 0 aliphatic rings. The summed E-state index contributed by atoms with van der Waals surface area (Å²) < 4.78 is 0. The molecule has 1 amide bonds. The standard InChI is InChI=1S/C16H19NO2S/c1-2-17(12-14-9-6-10-20-14)16(19)11-15(18)13-7-4-3-5-8-13/h3-10,15,18H,2,11-12H2,1H3/t15-/m1/s1. The molecule has 0 spiro atoms. The number of thiophene rings is 1. The summed E-state index contributed by atoms with van der Waals surface area (Å²) in [6.07, 6.45) is -0.607. The van der Waals surface area contributed by atoms with Crippen molar-refractivity contribution in [3.05, 3.63) is 58.3 Å². The van der Waals surface area contributed by atoms with E-state index in [1.54, 1.807) is 16.2 Å². The molecule has 20 heavy (non-hydrogen) atoms. The molecule has 1 heterocycles. The van der Waals surface area contributed by atoms with Crippen LogP contribution in [0.2, 0.25) is 0 Å². The highest BCUT2D eigenvalue weighted by atomic mass is 32.1. The molecular weight excluding hydrogens is 270 g/mol. The maximum absolute atomic E-state index is 12.3. The van der Waals surface area contributed by atoms with Crippen molar-refractivity contribution in [2.45, 2.75) is 26.0 Å². The van der Waals surface area contributed by atoms with Gasteiger partial charge in [0, 0.05) is 11.4 Å². The first kappa shape index (κ1) is 14.8. The van der Waals surface area contributed by atoms with E-state index >= 15 is 0 Å². The highest BCUT2D eigenvalue weighted by molar-refractivity contribution is 7.09. The Kier molecular flexibility index (Phi) is 5.32. The molecule has 2 aromatic rings. The number of hydrogen-bond acceptors (Lipinski definition) is 3. The van der Waals surface area contributed by atoms with Crippen molar-refractivity contribution in [3.63, 3.8) is 0 Å². The Bertz CT molecular complexity index is 525. The van der Waals surface area contributed by atoms with E-state index in [2.05, 4.69) is 0 Å². The third kappa shape index (κ3) is 3.92. The minimum Gasteiger partial charge on any atom is -0.388 e. The summed E-state index contributed by atoms with van der Waals surface area (Å²) >= 11 is 1.64. The third-order valence-electron chi connectivity index (χ3n) is 3.21. The van der Waals surface area contributed by atoms with E-state index in [9.17, 15) is 9.90 Å². The number of rotatable bonds is 6. The van der Waals surface area contributed by atoms with Crippen LogP contribution in [0.25, 0.3) is 0 Å². The second-order valence-corrected chi connectivity index (χ2v) is 5.65. The summed E-state index contributed by atoms with van der Waals surface area (Å²) in [5.41, 5.74) is 0.785. The first-order valence-electron chi connectivity index (χ1n) is 6.74. The molecule has 0 saturated carbocycles. The zero-order valence-corrected chi connectivity index (χ0v) is 12.3. The van der Waals surface area contributed by atoms with Gasteiger partial charge in [-0.3, -0.25) is 4.79 Å². The van der Waals surface area contributed by atoms with Crippen LogP contribution in [0.3, 0.4) is 0 Å². The minimum absolute atomic E-state index is 0.0164. The van der Waals surface area contributed by atoms with Gasteiger partial charge in [0.2, 0.25) is 5.91 Å². The summed E-state index contributed by atoms with van der Waals surface area (Å²) in [4.78, 5) is 15.2. The van der Waals surface area contributed by atoms with Crippen molar-refractivity contribution < 1.29 is 9.90 Å². The number of nitrogens with zero attached hydrogens (tertiary/aromatic N) is 1. The second kappa shape index (κ2) is 7.22. The van der Waals surface area contributed by atoms with Gasteiger partial charge >= 0.3 is 0 Å². The molecule has 1 aromatic carbocycles. The van der Waals surface area contributed by atoms with Crippen LogP contribution in [0.1, 0.15) is 29.9 Å². The predicted molar refractivity (Wildman–Crippen MR) is 81.4 cm³/mol.